The zero-order valence-corrected chi connectivity index (χ0v) is 6.62. The Morgan fingerprint density at radius 2 is 2.36 bits per heavy atom. The van der Waals surface area contributed by atoms with Crippen LogP contribution in [0.2, 0.25) is 0 Å². The predicted octanol–water partition coefficient (Wildman–Crippen LogP) is 1.68. The van der Waals surface area contributed by atoms with E-state index in [0.29, 0.717) is 0 Å². The lowest BCUT2D eigenvalue weighted by Crippen LogP contribution is -2.12. The Morgan fingerprint density at radius 1 is 1.55 bits per heavy atom. The fourth-order valence-corrected chi connectivity index (χ4v) is 1.09. The molecule has 0 saturated heterocycles. The van der Waals surface area contributed by atoms with Gasteiger partial charge in [0, 0.05) is 0 Å². The maximum Gasteiger partial charge on any atom is 0.312 e. The van der Waals surface area contributed by atoms with Gasteiger partial charge in [0.05, 0.1) is 13.0 Å². The van der Waals surface area contributed by atoms with Crippen LogP contribution in [0.3, 0.4) is 0 Å². The van der Waals surface area contributed by atoms with Crippen molar-refractivity contribution in [2.45, 2.75) is 12.8 Å². The summed E-state index contributed by atoms with van der Waals surface area (Å²) in [7, 11) is 1.43. The van der Waals surface area contributed by atoms with Crippen LogP contribution in [0.25, 0.3) is 0 Å². The average Bonchev–Trinajstić information content (AvgIpc) is 2.30. The summed E-state index contributed by atoms with van der Waals surface area (Å²) in [5, 5.41) is 0. The molecule has 0 radical (unpaired) electrons. The van der Waals surface area contributed by atoms with Crippen LogP contribution in [-0.2, 0) is 9.53 Å². The predicted molar refractivity (Wildman–Crippen MR) is 43.0 cm³/mol. The van der Waals surface area contributed by atoms with E-state index in [2.05, 4.69) is 10.8 Å². The van der Waals surface area contributed by atoms with Crippen molar-refractivity contribution in [1.82, 2.24) is 0 Å². The second kappa shape index (κ2) is 3.96. The molecule has 0 N–H and O–H groups in total. The Balaban J connectivity index is 2.53. The summed E-state index contributed by atoms with van der Waals surface area (Å²) in [6, 6.07) is 0. The second-order valence-corrected chi connectivity index (χ2v) is 2.52. The summed E-state index contributed by atoms with van der Waals surface area (Å²) in [6.45, 7) is 0. The van der Waals surface area contributed by atoms with Gasteiger partial charge in [0.1, 0.15) is 0 Å². The van der Waals surface area contributed by atoms with E-state index in [0.717, 1.165) is 12.8 Å². The van der Waals surface area contributed by atoms with E-state index < -0.39 is 0 Å². The average molecular weight is 152 g/mol. The lowest BCUT2D eigenvalue weighted by molar-refractivity contribution is -0.143. The Kier molecular flexibility index (Phi) is 2.90. The van der Waals surface area contributed by atoms with E-state index in [1.807, 2.05) is 18.2 Å². The highest BCUT2D eigenvalue weighted by Crippen LogP contribution is 2.13. The van der Waals surface area contributed by atoms with Gasteiger partial charge in [-0.25, -0.2) is 0 Å². The van der Waals surface area contributed by atoms with Crippen LogP contribution in [0.4, 0.5) is 0 Å². The van der Waals surface area contributed by atoms with Gasteiger partial charge >= 0.3 is 5.97 Å². The number of rotatable bonds is 1. The topological polar surface area (TPSA) is 26.3 Å². The number of allylic oxidation sites excluding steroid dienone is 3. The molecule has 1 rings (SSSR count). The summed E-state index contributed by atoms with van der Waals surface area (Å²) >= 11 is 0. The molecule has 0 fully saturated rings. The maximum atomic E-state index is 11.0. The van der Waals surface area contributed by atoms with Gasteiger partial charge in [-0.3, -0.25) is 4.79 Å². The SMILES string of the molecule is COC(=O)C1C=CC=CCC1. The molecule has 1 atom stereocenters. The van der Waals surface area contributed by atoms with Crippen molar-refractivity contribution in [3.63, 3.8) is 0 Å². The summed E-state index contributed by atoms with van der Waals surface area (Å²) in [5.41, 5.74) is 0. The molecule has 0 aliphatic heterocycles. The zero-order valence-electron chi connectivity index (χ0n) is 6.62. The number of hydrogen-bond acceptors (Lipinski definition) is 2. The monoisotopic (exact) mass is 152 g/mol. The van der Waals surface area contributed by atoms with Crippen LogP contribution in [0, 0.1) is 5.92 Å². The third-order valence-corrected chi connectivity index (χ3v) is 1.74. The van der Waals surface area contributed by atoms with Gasteiger partial charge in [0.2, 0.25) is 0 Å². The first kappa shape index (κ1) is 8.05. The van der Waals surface area contributed by atoms with Gasteiger partial charge in [-0.15, -0.1) is 0 Å². The van der Waals surface area contributed by atoms with Crippen molar-refractivity contribution in [3.05, 3.63) is 24.3 Å². The van der Waals surface area contributed by atoms with Gasteiger partial charge in [-0.1, -0.05) is 24.3 Å². The minimum Gasteiger partial charge on any atom is -0.469 e. The van der Waals surface area contributed by atoms with Gasteiger partial charge in [0.25, 0.3) is 0 Å². The Bertz CT molecular complexity index is 192. The normalized spacial score (nSPS) is 22.8. The van der Waals surface area contributed by atoms with Crippen molar-refractivity contribution in [2.24, 2.45) is 5.92 Å². The molecule has 1 aliphatic carbocycles. The largest absolute Gasteiger partial charge is 0.469 e. The van der Waals surface area contributed by atoms with Gasteiger partial charge in [-0.2, -0.15) is 0 Å². The Labute approximate surface area is 66.5 Å². The molecule has 11 heavy (non-hydrogen) atoms. The molecule has 0 aromatic heterocycles. The highest BCUT2D eigenvalue weighted by Gasteiger charge is 2.14. The zero-order chi connectivity index (χ0) is 8.10. The Hall–Kier alpha value is -1.05. The summed E-state index contributed by atoms with van der Waals surface area (Å²) in [4.78, 5) is 11.0. The molecule has 1 aliphatic rings. The van der Waals surface area contributed by atoms with Crippen LogP contribution < -0.4 is 0 Å². The van der Waals surface area contributed by atoms with E-state index in [4.69, 9.17) is 0 Å². The van der Waals surface area contributed by atoms with Crippen molar-refractivity contribution < 1.29 is 9.53 Å². The minimum atomic E-state index is -0.134. The number of carbonyl (C=O) groups is 1. The van der Waals surface area contributed by atoms with Gasteiger partial charge in [0.15, 0.2) is 0 Å². The number of ether oxygens (including phenoxy) is 1. The molecule has 1 unspecified atom stereocenters. The van der Waals surface area contributed by atoms with Crippen molar-refractivity contribution in [1.29, 1.82) is 0 Å². The van der Waals surface area contributed by atoms with Crippen molar-refractivity contribution in [3.8, 4) is 0 Å². The van der Waals surface area contributed by atoms with E-state index in [1.165, 1.54) is 7.11 Å². The summed E-state index contributed by atoms with van der Waals surface area (Å²) < 4.78 is 4.63. The number of hydrogen-bond donors (Lipinski definition) is 0. The standard InChI is InChI=1S/C9H12O2/c1-11-9(10)8-6-4-2-3-5-7-8/h2-4,6,8H,5,7H2,1H3. The molecule has 0 aromatic rings. The van der Waals surface area contributed by atoms with Gasteiger partial charge < -0.3 is 4.74 Å². The first-order valence-corrected chi connectivity index (χ1v) is 3.76. The molecule has 0 saturated carbocycles. The Morgan fingerprint density at radius 3 is 3.09 bits per heavy atom. The molecule has 0 bridgehead atoms. The van der Waals surface area contributed by atoms with E-state index in [9.17, 15) is 4.79 Å². The first-order valence-electron chi connectivity index (χ1n) is 3.76. The van der Waals surface area contributed by atoms with E-state index >= 15 is 0 Å². The molecular weight excluding hydrogens is 140 g/mol. The molecular formula is C9H12O2. The first-order chi connectivity index (χ1) is 5.34. The lowest BCUT2D eigenvalue weighted by atomic mass is 10.1. The summed E-state index contributed by atoms with van der Waals surface area (Å²) in [5.74, 6) is -0.181. The van der Waals surface area contributed by atoms with Crippen LogP contribution >= 0.6 is 0 Å². The molecule has 0 amide bonds. The number of methoxy groups -OCH3 is 1. The van der Waals surface area contributed by atoms with Crippen LogP contribution in [-0.4, -0.2) is 13.1 Å². The fraction of sp³-hybridized carbons (Fsp3) is 0.444. The van der Waals surface area contributed by atoms with Gasteiger partial charge in [-0.05, 0) is 12.8 Å². The van der Waals surface area contributed by atoms with E-state index in [-0.39, 0.29) is 11.9 Å². The van der Waals surface area contributed by atoms with Crippen LogP contribution in [0.15, 0.2) is 24.3 Å². The molecule has 0 heterocycles. The summed E-state index contributed by atoms with van der Waals surface area (Å²) in [6.07, 6.45) is 9.61. The molecule has 2 heteroatoms. The highest BCUT2D eigenvalue weighted by molar-refractivity contribution is 5.74. The molecule has 60 valence electrons. The molecule has 0 spiro atoms. The quantitative estimate of drug-likeness (QED) is 0.534. The number of carbonyl (C=O) groups excluding carboxylic acids is 1. The third kappa shape index (κ3) is 2.22. The van der Waals surface area contributed by atoms with Crippen molar-refractivity contribution in [2.75, 3.05) is 7.11 Å². The maximum absolute atomic E-state index is 11.0. The number of esters is 1. The molecule has 0 aromatic carbocycles. The lowest BCUT2D eigenvalue weighted by Gasteiger charge is -2.06. The minimum absolute atomic E-state index is 0.0463. The smallest absolute Gasteiger partial charge is 0.312 e. The van der Waals surface area contributed by atoms with Crippen LogP contribution in [0.5, 0.6) is 0 Å². The van der Waals surface area contributed by atoms with Crippen molar-refractivity contribution >= 4 is 5.97 Å². The van der Waals surface area contributed by atoms with E-state index in [1.54, 1.807) is 0 Å². The van der Waals surface area contributed by atoms with Crippen LogP contribution in [0.1, 0.15) is 12.8 Å². The highest BCUT2D eigenvalue weighted by atomic mass is 16.5. The molecule has 2 nitrogen and oxygen atoms in total. The third-order valence-electron chi connectivity index (χ3n) is 1.74. The fourth-order valence-electron chi connectivity index (χ4n) is 1.09. The second-order valence-electron chi connectivity index (χ2n) is 2.52.